The quantitative estimate of drug-likeness (QED) is 0.837. The normalized spacial score (nSPS) is 10.3. The molecule has 1 aromatic heterocycles. The number of carbonyl (C=O) groups is 3. The van der Waals surface area contributed by atoms with Gasteiger partial charge in [-0.2, -0.15) is 5.10 Å². The summed E-state index contributed by atoms with van der Waals surface area (Å²) < 4.78 is 1.27. The van der Waals surface area contributed by atoms with Crippen molar-refractivity contribution in [1.29, 1.82) is 0 Å². The number of ketones is 1. The van der Waals surface area contributed by atoms with Crippen molar-refractivity contribution in [3.8, 4) is 5.69 Å². The first kappa shape index (κ1) is 15.7. The van der Waals surface area contributed by atoms with Gasteiger partial charge in [-0.1, -0.05) is 11.6 Å². The SMILES string of the molecule is CC(=O)Nc1c(C(N)=O)c(C(C)=O)nn1-c1ccc(Cl)cc1. The predicted molar refractivity (Wildman–Crippen MR) is 81.4 cm³/mol. The van der Waals surface area contributed by atoms with Crippen molar-refractivity contribution in [2.24, 2.45) is 5.73 Å². The Kier molecular flexibility index (Phi) is 4.27. The molecule has 2 amide bonds. The molecule has 7 nitrogen and oxygen atoms in total. The Balaban J connectivity index is 2.73. The fraction of sp³-hybridized carbons (Fsp3) is 0.143. The van der Waals surface area contributed by atoms with E-state index in [0.29, 0.717) is 10.7 Å². The minimum absolute atomic E-state index is 0.0486. The van der Waals surface area contributed by atoms with Crippen molar-refractivity contribution >= 4 is 35.0 Å². The number of primary amides is 1. The second-order valence-corrected chi connectivity index (χ2v) is 5.00. The summed E-state index contributed by atoms with van der Waals surface area (Å²) in [7, 11) is 0. The van der Waals surface area contributed by atoms with Crippen LogP contribution in [0.25, 0.3) is 5.69 Å². The number of anilines is 1. The average Bonchev–Trinajstić information content (AvgIpc) is 2.78. The molecule has 8 heteroatoms. The molecule has 0 unspecified atom stereocenters. The number of hydrogen-bond donors (Lipinski definition) is 2. The number of benzene rings is 1. The van der Waals surface area contributed by atoms with E-state index in [4.69, 9.17) is 17.3 Å². The third-order valence-electron chi connectivity index (χ3n) is 2.83. The number of halogens is 1. The molecule has 0 aliphatic rings. The van der Waals surface area contributed by atoms with Gasteiger partial charge in [0, 0.05) is 18.9 Å². The topological polar surface area (TPSA) is 107 Å². The van der Waals surface area contributed by atoms with Crippen LogP contribution in [0.3, 0.4) is 0 Å². The Morgan fingerprint density at radius 2 is 1.77 bits per heavy atom. The fourth-order valence-electron chi connectivity index (χ4n) is 1.95. The Bertz CT molecular complexity index is 765. The van der Waals surface area contributed by atoms with E-state index in [0.717, 1.165) is 0 Å². The van der Waals surface area contributed by atoms with E-state index in [1.54, 1.807) is 24.3 Å². The summed E-state index contributed by atoms with van der Waals surface area (Å²) in [6.45, 7) is 2.54. The molecule has 0 aliphatic carbocycles. The summed E-state index contributed by atoms with van der Waals surface area (Å²) in [4.78, 5) is 34.8. The van der Waals surface area contributed by atoms with Crippen LogP contribution in [0.5, 0.6) is 0 Å². The van der Waals surface area contributed by atoms with Crippen molar-refractivity contribution in [1.82, 2.24) is 9.78 Å². The van der Waals surface area contributed by atoms with Gasteiger partial charge in [0.25, 0.3) is 5.91 Å². The molecular weight excluding hydrogens is 308 g/mol. The molecule has 1 aromatic carbocycles. The number of carbonyl (C=O) groups excluding carboxylic acids is 3. The molecule has 22 heavy (non-hydrogen) atoms. The first-order chi connectivity index (χ1) is 10.3. The summed E-state index contributed by atoms with van der Waals surface area (Å²) >= 11 is 5.83. The number of nitrogens with one attached hydrogen (secondary N) is 1. The second-order valence-electron chi connectivity index (χ2n) is 4.56. The Morgan fingerprint density at radius 1 is 1.18 bits per heavy atom. The molecule has 2 rings (SSSR count). The van der Waals surface area contributed by atoms with Gasteiger partial charge in [-0.25, -0.2) is 4.68 Å². The number of Topliss-reactive ketones (excluding diaryl/α,β-unsaturated/α-hetero) is 1. The molecule has 0 aliphatic heterocycles. The van der Waals surface area contributed by atoms with E-state index in [9.17, 15) is 14.4 Å². The van der Waals surface area contributed by atoms with Gasteiger partial charge in [-0.15, -0.1) is 0 Å². The van der Waals surface area contributed by atoms with Crippen LogP contribution < -0.4 is 11.1 Å². The van der Waals surface area contributed by atoms with E-state index in [1.165, 1.54) is 18.5 Å². The Hall–Kier alpha value is -2.67. The fourth-order valence-corrected chi connectivity index (χ4v) is 2.08. The first-order valence-corrected chi connectivity index (χ1v) is 6.66. The minimum atomic E-state index is -0.853. The Morgan fingerprint density at radius 3 is 2.23 bits per heavy atom. The van der Waals surface area contributed by atoms with Crippen LogP contribution in [0.2, 0.25) is 5.02 Å². The van der Waals surface area contributed by atoms with Gasteiger partial charge in [0.05, 0.1) is 5.69 Å². The molecule has 0 radical (unpaired) electrons. The lowest BCUT2D eigenvalue weighted by molar-refractivity contribution is -0.114. The van der Waals surface area contributed by atoms with Crippen LogP contribution in [0.1, 0.15) is 34.7 Å². The highest BCUT2D eigenvalue weighted by molar-refractivity contribution is 6.30. The van der Waals surface area contributed by atoms with E-state index >= 15 is 0 Å². The third-order valence-corrected chi connectivity index (χ3v) is 3.08. The zero-order valence-electron chi connectivity index (χ0n) is 11.9. The molecule has 2 aromatic rings. The minimum Gasteiger partial charge on any atom is -0.365 e. The molecule has 114 valence electrons. The summed E-state index contributed by atoms with van der Waals surface area (Å²) in [5, 5.41) is 7.09. The Labute approximate surface area is 131 Å². The number of rotatable bonds is 4. The molecule has 0 fully saturated rings. The molecule has 0 atom stereocenters. The van der Waals surface area contributed by atoms with Gasteiger partial charge in [0.2, 0.25) is 5.91 Å². The lowest BCUT2D eigenvalue weighted by Crippen LogP contribution is -2.19. The van der Waals surface area contributed by atoms with Gasteiger partial charge in [0.1, 0.15) is 17.1 Å². The van der Waals surface area contributed by atoms with E-state index < -0.39 is 17.6 Å². The second kappa shape index (κ2) is 5.98. The van der Waals surface area contributed by atoms with Crippen LogP contribution in [-0.4, -0.2) is 27.4 Å². The maximum absolute atomic E-state index is 11.7. The predicted octanol–water partition coefficient (Wildman–Crippen LogP) is 1.79. The van der Waals surface area contributed by atoms with Crippen molar-refractivity contribution in [3.05, 3.63) is 40.5 Å². The van der Waals surface area contributed by atoms with Gasteiger partial charge in [0.15, 0.2) is 5.78 Å². The van der Waals surface area contributed by atoms with Crippen LogP contribution in [0.4, 0.5) is 5.82 Å². The average molecular weight is 321 g/mol. The van der Waals surface area contributed by atoms with Crippen molar-refractivity contribution in [2.45, 2.75) is 13.8 Å². The van der Waals surface area contributed by atoms with Crippen LogP contribution >= 0.6 is 11.6 Å². The van der Waals surface area contributed by atoms with E-state index in [-0.39, 0.29) is 17.1 Å². The zero-order valence-corrected chi connectivity index (χ0v) is 12.6. The van der Waals surface area contributed by atoms with Crippen molar-refractivity contribution in [3.63, 3.8) is 0 Å². The number of hydrogen-bond acceptors (Lipinski definition) is 4. The lowest BCUT2D eigenvalue weighted by Gasteiger charge is -2.08. The first-order valence-electron chi connectivity index (χ1n) is 6.28. The summed E-state index contributed by atoms with van der Waals surface area (Å²) in [5.74, 6) is -1.66. The van der Waals surface area contributed by atoms with E-state index in [1.807, 2.05) is 0 Å². The summed E-state index contributed by atoms with van der Waals surface area (Å²) in [5.41, 5.74) is 5.61. The lowest BCUT2D eigenvalue weighted by atomic mass is 10.1. The molecule has 0 spiro atoms. The number of aromatic nitrogens is 2. The largest absolute Gasteiger partial charge is 0.365 e. The highest BCUT2D eigenvalue weighted by atomic mass is 35.5. The van der Waals surface area contributed by atoms with Gasteiger partial charge >= 0.3 is 0 Å². The van der Waals surface area contributed by atoms with Crippen molar-refractivity contribution in [2.75, 3.05) is 5.32 Å². The summed E-state index contributed by atoms with van der Waals surface area (Å²) in [6.07, 6.45) is 0. The van der Waals surface area contributed by atoms with Gasteiger partial charge < -0.3 is 11.1 Å². The molecule has 3 N–H and O–H groups in total. The van der Waals surface area contributed by atoms with Crippen molar-refractivity contribution < 1.29 is 14.4 Å². The number of nitrogens with zero attached hydrogens (tertiary/aromatic N) is 2. The van der Waals surface area contributed by atoms with Crippen LogP contribution in [-0.2, 0) is 4.79 Å². The highest BCUT2D eigenvalue weighted by Gasteiger charge is 2.26. The molecule has 0 bridgehead atoms. The zero-order chi connectivity index (χ0) is 16.4. The van der Waals surface area contributed by atoms with Gasteiger partial charge in [-0.05, 0) is 24.3 Å². The maximum Gasteiger partial charge on any atom is 0.254 e. The number of nitrogens with two attached hydrogens (primary N) is 1. The third kappa shape index (κ3) is 2.99. The standard InChI is InChI=1S/C14H13ClN4O3/c1-7(20)12-11(13(16)22)14(17-8(2)21)19(18-12)10-5-3-9(15)4-6-10/h3-6H,1-2H3,(H2,16,22)(H,17,21). The van der Waals surface area contributed by atoms with Crippen LogP contribution in [0, 0.1) is 0 Å². The van der Waals surface area contributed by atoms with E-state index in [2.05, 4.69) is 10.4 Å². The molecule has 1 heterocycles. The molecular formula is C14H13ClN4O3. The monoisotopic (exact) mass is 320 g/mol. The smallest absolute Gasteiger partial charge is 0.254 e. The summed E-state index contributed by atoms with van der Waals surface area (Å²) in [6, 6.07) is 6.51. The van der Waals surface area contributed by atoms with Gasteiger partial charge in [-0.3, -0.25) is 14.4 Å². The van der Waals surface area contributed by atoms with Crippen LogP contribution in [0.15, 0.2) is 24.3 Å². The maximum atomic E-state index is 11.7. The number of amides is 2. The highest BCUT2D eigenvalue weighted by Crippen LogP contribution is 2.25. The molecule has 0 saturated heterocycles. The molecule has 0 saturated carbocycles.